The first-order valence-corrected chi connectivity index (χ1v) is 20.6. The van der Waals surface area contributed by atoms with Gasteiger partial charge in [0, 0.05) is 44.0 Å². The van der Waals surface area contributed by atoms with E-state index in [9.17, 15) is 9.59 Å². The van der Waals surface area contributed by atoms with Crippen LogP contribution in [0.4, 0.5) is 0 Å². The van der Waals surface area contributed by atoms with Crippen LogP contribution in [0.3, 0.4) is 0 Å². The Morgan fingerprint density at radius 2 is 1.61 bits per heavy atom. The number of nitrogens with zero attached hydrogens (tertiary/aromatic N) is 4. The average Bonchev–Trinajstić information content (AvgIpc) is 3.62. The Kier molecular flexibility index (Phi) is 13.6. The number of fused-ring (bicyclic) bond motifs is 2. The molecule has 2 N–H and O–H groups in total. The number of carbonyl (C=O) groups is 3. The van der Waals surface area contributed by atoms with E-state index in [2.05, 4.69) is 15.4 Å². The molecule has 8 rings (SSSR count). The highest BCUT2D eigenvalue weighted by Crippen LogP contribution is 2.41. The Bertz CT molecular complexity index is 2580. The van der Waals surface area contributed by atoms with E-state index in [0.717, 1.165) is 50.6 Å². The van der Waals surface area contributed by atoms with E-state index in [1.807, 2.05) is 93.6 Å². The van der Waals surface area contributed by atoms with E-state index in [-0.39, 0.29) is 30.9 Å². The fourth-order valence-electron chi connectivity index (χ4n) is 7.32. The van der Waals surface area contributed by atoms with Crippen LogP contribution >= 0.6 is 23.2 Å². The van der Waals surface area contributed by atoms with Crippen LogP contribution in [0.5, 0.6) is 28.7 Å². The summed E-state index contributed by atoms with van der Waals surface area (Å²) in [6.45, 7) is 6.78. The minimum Gasteiger partial charge on any atom is -0.489 e. The number of rotatable bonds is 11. The van der Waals surface area contributed by atoms with Crippen molar-refractivity contribution >= 4 is 41.5 Å². The van der Waals surface area contributed by atoms with Gasteiger partial charge in [-0.3, -0.25) is 24.0 Å². The summed E-state index contributed by atoms with van der Waals surface area (Å²) in [4.78, 5) is 42.4. The first-order valence-electron chi connectivity index (χ1n) is 19.9. The van der Waals surface area contributed by atoms with E-state index in [1.165, 1.54) is 0 Å². The molecule has 2 aliphatic rings. The fourth-order valence-corrected chi connectivity index (χ4v) is 7.64. The van der Waals surface area contributed by atoms with E-state index in [0.29, 0.717) is 71.3 Å². The predicted octanol–water partition coefficient (Wildman–Crippen LogP) is 8.56. The molecule has 4 aromatic carbocycles. The number of aryl methyl sites for hydroxylation is 3. The van der Waals surface area contributed by atoms with Gasteiger partial charge in [-0.25, -0.2) is 0 Å². The first-order chi connectivity index (χ1) is 29.9. The summed E-state index contributed by atoms with van der Waals surface area (Å²) in [6, 6.07) is 27.6. The molecule has 0 aliphatic carbocycles. The molecule has 13 nitrogen and oxygen atoms in total. The second-order valence-electron chi connectivity index (χ2n) is 15.0. The van der Waals surface area contributed by atoms with Gasteiger partial charge in [0.15, 0.2) is 17.6 Å². The van der Waals surface area contributed by atoms with Gasteiger partial charge in [0.1, 0.15) is 42.2 Å². The summed E-state index contributed by atoms with van der Waals surface area (Å²) < 4.78 is 26.4. The molecule has 0 fully saturated rings. The summed E-state index contributed by atoms with van der Waals surface area (Å²) in [5.74, 6) is 2.86. The standard InChI is InChI=1S/C46H43Cl2N5O6.CH2O2/c1-27-19-40(52(4)51-27)46(55)53-24-34-23-43-42(57-26-44(59-43)32-8-12-35(13-9-32)56-25-31-7-14-37(47)38(48)20-31)22-33(34)21-39(53)45(54)50-17-15-30-5-10-36(11-6-30)58-41-16-18-49-29(3)28(41)2;2-1-3/h5-14,16,18-20,22-23,39,44H,15,17,21,24-26H2,1-4H3,(H,50,54);1H,(H,2,3). The third-order valence-corrected chi connectivity index (χ3v) is 11.5. The molecule has 62 heavy (non-hydrogen) atoms. The molecule has 2 unspecified atom stereocenters. The van der Waals surface area contributed by atoms with Crippen molar-refractivity contribution in [3.05, 3.63) is 158 Å². The maximum absolute atomic E-state index is 14.2. The number of carboxylic acid groups (broad SMARTS) is 1. The van der Waals surface area contributed by atoms with Gasteiger partial charge in [0.2, 0.25) is 5.91 Å². The molecule has 2 atom stereocenters. The molecule has 0 radical (unpaired) electrons. The highest BCUT2D eigenvalue weighted by atomic mass is 35.5. The number of pyridine rings is 1. The van der Waals surface area contributed by atoms with Crippen LogP contribution in [0.15, 0.2) is 97.2 Å². The monoisotopic (exact) mass is 877 g/mol. The predicted molar refractivity (Wildman–Crippen MR) is 233 cm³/mol. The summed E-state index contributed by atoms with van der Waals surface area (Å²) in [5.41, 5.74) is 7.72. The molecule has 15 heteroatoms. The summed E-state index contributed by atoms with van der Waals surface area (Å²) >= 11 is 12.2. The smallest absolute Gasteiger partial charge is 0.290 e. The summed E-state index contributed by atoms with van der Waals surface area (Å²) in [6.07, 6.45) is 2.29. The highest BCUT2D eigenvalue weighted by Gasteiger charge is 2.37. The number of amides is 2. The third-order valence-electron chi connectivity index (χ3n) is 10.8. The lowest BCUT2D eigenvalue weighted by molar-refractivity contribution is -0.126. The van der Waals surface area contributed by atoms with Crippen molar-refractivity contribution in [2.75, 3.05) is 13.2 Å². The van der Waals surface area contributed by atoms with Crippen LogP contribution in [0.25, 0.3) is 0 Å². The molecule has 2 aliphatic heterocycles. The minimum atomic E-state index is -0.749. The quantitative estimate of drug-likeness (QED) is 0.121. The maximum Gasteiger partial charge on any atom is 0.290 e. The van der Waals surface area contributed by atoms with Gasteiger partial charge in [-0.15, -0.1) is 0 Å². The number of ether oxygens (including phenoxy) is 4. The fraction of sp³-hybridized carbons (Fsp3) is 0.255. The Morgan fingerprint density at radius 1 is 0.903 bits per heavy atom. The van der Waals surface area contributed by atoms with Gasteiger partial charge in [-0.1, -0.05) is 53.5 Å². The van der Waals surface area contributed by atoms with Crippen LogP contribution in [-0.4, -0.2) is 62.3 Å². The first kappa shape index (κ1) is 43.5. The van der Waals surface area contributed by atoms with Gasteiger partial charge in [0.05, 0.1) is 15.7 Å². The van der Waals surface area contributed by atoms with Gasteiger partial charge in [-0.2, -0.15) is 5.10 Å². The molecular weight excluding hydrogens is 833 g/mol. The Hall–Kier alpha value is -6.57. The molecule has 0 spiro atoms. The molecule has 0 bridgehead atoms. The van der Waals surface area contributed by atoms with Crippen molar-refractivity contribution in [1.82, 2.24) is 25.0 Å². The minimum absolute atomic E-state index is 0.209. The molecule has 6 aromatic rings. The lowest BCUT2D eigenvalue weighted by Crippen LogP contribution is -2.53. The summed E-state index contributed by atoms with van der Waals surface area (Å²) in [7, 11) is 1.73. The van der Waals surface area contributed by atoms with Gasteiger partial charge >= 0.3 is 0 Å². The summed E-state index contributed by atoms with van der Waals surface area (Å²) in [5, 5.41) is 15.4. The molecule has 2 amide bonds. The van der Waals surface area contributed by atoms with Gasteiger partial charge in [-0.05, 0) is 116 Å². The van der Waals surface area contributed by atoms with Crippen molar-refractivity contribution in [1.29, 1.82) is 0 Å². The number of halogens is 2. The van der Waals surface area contributed by atoms with Crippen LogP contribution in [-0.2, 0) is 42.6 Å². The topological polar surface area (TPSA) is 154 Å². The molecule has 320 valence electrons. The molecule has 0 saturated carbocycles. The zero-order chi connectivity index (χ0) is 43.9. The SMILES string of the molecule is Cc1cc(C(=O)N2Cc3cc4c(cc3CC2C(=O)NCCc2ccc(Oc3ccnc(C)c3C)cc2)OCC(c2ccc(OCc3ccc(Cl)c(Cl)c3)cc2)O4)n(C)n1.O=CO. The van der Waals surface area contributed by atoms with Crippen LogP contribution in [0.2, 0.25) is 10.0 Å². The Balaban J connectivity index is 0.00000187. The number of nitrogens with one attached hydrogen (secondary N) is 1. The Morgan fingerprint density at radius 3 is 2.32 bits per heavy atom. The van der Waals surface area contributed by atoms with E-state index in [4.69, 9.17) is 52.1 Å². The van der Waals surface area contributed by atoms with Gasteiger partial charge in [0.25, 0.3) is 12.4 Å². The molecule has 4 heterocycles. The van der Waals surface area contributed by atoms with Crippen LogP contribution < -0.4 is 24.3 Å². The normalized spacial score (nSPS) is 15.1. The molecular formula is C47H45Cl2N5O8. The lowest BCUT2D eigenvalue weighted by atomic mass is 9.92. The lowest BCUT2D eigenvalue weighted by Gasteiger charge is -2.37. The number of aromatic nitrogens is 3. The second kappa shape index (κ2) is 19.4. The number of hydrogen-bond acceptors (Lipinski definition) is 9. The molecule has 0 saturated heterocycles. The van der Waals surface area contributed by atoms with E-state index in [1.54, 1.807) is 41.0 Å². The Labute approximate surface area is 369 Å². The zero-order valence-corrected chi connectivity index (χ0v) is 36.1. The van der Waals surface area contributed by atoms with Crippen LogP contribution in [0, 0.1) is 20.8 Å². The second-order valence-corrected chi connectivity index (χ2v) is 15.8. The average molecular weight is 879 g/mol. The zero-order valence-electron chi connectivity index (χ0n) is 34.6. The van der Waals surface area contributed by atoms with E-state index < -0.39 is 6.04 Å². The highest BCUT2D eigenvalue weighted by molar-refractivity contribution is 6.42. The van der Waals surface area contributed by atoms with E-state index >= 15 is 0 Å². The largest absolute Gasteiger partial charge is 0.489 e. The maximum atomic E-state index is 14.2. The van der Waals surface area contributed by atoms with Crippen LogP contribution in [0.1, 0.15) is 61.4 Å². The van der Waals surface area contributed by atoms with Crippen molar-refractivity contribution in [3.63, 3.8) is 0 Å². The third kappa shape index (κ3) is 10.1. The van der Waals surface area contributed by atoms with Gasteiger partial charge < -0.3 is 34.3 Å². The number of benzene rings is 4. The van der Waals surface area contributed by atoms with Crippen molar-refractivity contribution in [2.24, 2.45) is 7.05 Å². The van der Waals surface area contributed by atoms with Crippen molar-refractivity contribution in [3.8, 4) is 28.7 Å². The van der Waals surface area contributed by atoms with Crippen molar-refractivity contribution in [2.45, 2.75) is 58.9 Å². The number of carbonyl (C=O) groups excluding carboxylic acids is 2. The van der Waals surface area contributed by atoms with Crippen molar-refractivity contribution < 1.29 is 38.4 Å². The molecule has 2 aromatic heterocycles. The number of hydrogen-bond donors (Lipinski definition) is 2.